The van der Waals surface area contributed by atoms with Crippen molar-refractivity contribution in [1.82, 2.24) is 10.2 Å². The first-order valence-corrected chi connectivity index (χ1v) is 12.2. The van der Waals surface area contributed by atoms with E-state index in [0.717, 1.165) is 46.8 Å². The topological polar surface area (TPSA) is 58.6 Å². The number of carbonyl (C=O) groups is 2. The number of hydrogen-bond acceptors (Lipinski definition) is 3. The molecule has 2 aromatic carbocycles. The van der Waals surface area contributed by atoms with E-state index in [4.69, 9.17) is 4.74 Å². The Labute approximate surface area is 199 Å². The third kappa shape index (κ3) is 6.58. The Hall–Kier alpha value is -2.34. The number of ether oxygens (including phenoxy) is 1. The molecule has 2 aromatic rings. The van der Waals surface area contributed by atoms with Crippen LogP contribution in [0.25, 0.3) is 0 Å². The fraction of sp³-hybridized carbons (Fsp3) is 0.462. The molecule has 1 aliphatic rings. The molecule has 0 bridgehead atoms. The van der Waals surface area contributed by atoms with Crippen LogP contribution >= 0.6 is 15.9 Å². The van der Waals surface area contributed by atoms with Gasteiger partial charge in [0.2, 0.25) is 5.91 Å². The summed E-state index contributed by atoms with van der Waals surface area (Å²) in [4.78, 5) is 28.1. The van der Waals surface area contributed by atoms with E-state index >= 15 is 0 Å². The summed E-state index contributed by atoms with van der Waals surface area (Å²) < 4.78 is 6.80. The average Bonchev–Trinajstić information content (AvgIpc) is 3.28. The van der Waals surface area contributed by atoms with E-state index in [2.05, 4.69) is 21.2 Å². The number of aryl methyl sites for hydroxylation is 2. The molecule has 1 aliphatic carbocycles. The number of halogens is 1. The maximum Gasteiger partial charge on any atom is 0.261 e. The Bertz CT molecular complexity index is 923. The minimum Gasteiger partial charge on any atom is -0.484 e. The molecule has 0 saturated heterocycles. The predicted molar refractivity (Wildman–Crippen MR) is 131 cm³/mol. The van der Waals surface area contributed by atoms with E-state index in [0.29, 0.717) is 18.7 Å². The van der Waals surface area contributed by atoms with Crippen LogP contribution in [0.15, 0.2) is 46.9 Å². The van der Waals surface area contributed by atoms with Gasteiger partial charge >= 0.3 is 0 Å². The maximum absolute atomic E-state index is 13.3. The summed E-state index contributed by atoms with van der Waals surface area (Å²) in [5.74, 6) is 0.372. The van der Waals surface area contributed by atoms with E-state index in [1.807, 2.05) is 63.2 Å². The first-order valence-electron chi connectivity index (χ1n) is 11.4. The van der Waals surface area contributed by atoms with Gasteiger partial charge in [0.25, 0.3) is 5.91 Å². The summed E-state index contributed by atoms with van der Waals surface area (Å²) in [6, 6.07) is 13.4. The van der Waals surface area contributed by atoms with Gasteiger partial charge in [0.1, 0.15) is 11.8 Å². The fourth-order valence-electron chi connectivity index (χ4n) is 4.11. The Morgan fingerprint density at radius 2 is 1.81 bits per heavy atom. The zero-order valence-corrected chi connectivity index (χ0v) is 20.8. The van der Waals surface area contributed by atoms with Gasteiger partial charge in [0.15, 0.2) is 6.61 Å². The first kappa shape index (κ1) is 24.3. The predicted octanol–water partition coefficient (Wildman–Crippen LogP) is 5.31. The van der Waals surface area contributed by atoms with Gasteiger partial charge in [-0.1, -0.05) is 65.5 Å². The van der Waals surface area contributed by atoms with Crippen LogP contribution in [0.1, 0.15) is 55.7 Å². The van der Waals surface area contributed by atoms with Crippen LogP contribution in [-0.2, 0) is 16.1 Å². The largest absolute Gasteiger partial charge is 0.484 e. The van der Waals surface area contributed by atoms with Crippen LogP contribution in [0.2, 0.25) is 0 Å². The average molecular weight is 501 g/mol. The molecule has 0 heterocycles. The van der Waals surface area contributed by atoms with Crippen molar-refractivity contribution in [2.75, 3.05) is 6.61 Å². The molecule has 1 atom stereocenters. The lowest BCUT2D eigenvalue weighted by Crippen LogP contribution is -2.52. The van der Waals surface area contributed by atoms with Crippen LogP contribution < -0.4 is 10.1 Å². The molecule has 2 amide bonds. The zero-order chi connectivity index (χ0) is 23.1. The van der Waals surface area contributed by atoms with E-state index in [1.54, 1.807) is 4.90 Å². The van der Waals surface area contributed by atoms with Crippen LogP contribution in [0, 0.1) is 13.8 Å². The van der Waals surface area contributed by atoms with E-state index < -0.39 is 6.04 Å². The van der Waals surface area contributed by atoms with E-state index in [-0.39, 0.29) is 24.5 Å². The minimum atomic E-state index is -0.528. The summed E-state index contributed by atoms with van der Waals surface area (Å²) >= 11 is 3.48. The van der Waals surface area contributed by atoms with Gasteiger partial charge in [0, 0.05) is 17.1 Å². The Morgan fingerprint density at radius 1 is 1.12 bits per heavy atom. The summed E-state index contributed by atoms with van der Waals surface area (Å²) in [5.41, 5.74) is 3.19. The molecular formula is C26H33BrN2O3. The quantitative estimate of drug-likeness (QED) is 0.507. The Balaban J connectivity index is 1.75. The van der Waals surface area contributed by atoms with Crippen LogP contribution in [0.5, 0.6) is 5.75 Å². The van der Waals surface area contributed by atoms with Crippen molar-refractivity contribution in [1.29, 1.82) is 0 Å². The second-order valence-electron chi connectivity index (χ2n) is 8.62. The minimum absolute atomic E-state index is 0.0700. The van der Waals surface area contributed by atoms with Crippen molar-refractivity contribution >= 4 is 27.7 Å². The van der Waals surface area contributed by atoms with Crippen molar-refractivity contribution in [2.45, 2.75) is 71.5 Å². The highest BCUT2D eigenvalue weighted by molar-refractivity contribution is 9.10. The van der Waals surface area contributed by atoms with Crippen molar-refractivity contribution in [2.24, 2.45) is 0 Å². The van der Waals surface area contributed by atoms with Gasteiger partial charge in [-0.25, -0.2) is 0 Å². The second-order valence-corrected chi connectivity index (χ2v) is 9.48. The molecule has 1 fully saturated rings. The lowest BCUT2D eigenvalue weighted by molar-refractivity contribution is -0.143. The highest BCUT2D eigenvalue weighted by atomic mass is 79.9. The van der Waals surface area contributed by atoms with Crippen LogP contribution in [-0.4, -0.2) is 35.4 Å². The van der Waals surface area contributed by atoms with Gasteiger partial charge in [-0.15, -0.1) is 0 Å². The normalized spacial score (nSPS) is 14.8. The molecular weight excluding hydrogens is 468 g/mol. The molecule has 32 heavy (non-hydrogen) atoms. The lowest BCUT2D eigenvalue weighted by atomic mass is 10.1. The maximum atomic E-state index is 13.3. The molecule has 0 aliphatic heterocycles. The number of nitrogens with one attached hydrogen (secondary N) is 1. The summed E-state index contributed by atoms with van der Waals surface area (Å²) in [6.07, 6.45) is 4.87. The van der Waals surface area contributed by atoms with Crippen molar-refractivity contribution < 1.29 is 14.3 Å². The number of hydrogen-bond donors (Lipinski definition) is 1. The molecule has 1 N–H and O–H groups in total. The zero-order valence-electron chi connectivity index (χ0n) is 19.2. The SMILES string of the molecule is CC[C@H](C(=O)NC1CCCC1)N(Cc1ccc(C)cc1)C(=O)COc1ccc(Br)c(C)c1. The summed E-state index contributed by atoms with van der Waals surface area (Å²) in [6.45, 7) is 6.22. The van der Waals surface area contributed by atoms with E-state index in [1.165, 1.54) is 0 Å². The van der Waals surface area contributed by atoms with Crippen molar-refractivity contribution in [3.8, 4) is 5.75 Å². The first-order chi connectivity index (χ1) is 15.4. The van der Waals surface area contributed by atoms with Gasteiger partial charge in [-0.05, 0) is 62.4 Å². The van der Waals surface area contributed by atoms with Crippen molar-refractivity contribution in [3.63, 3.8) is 0 Å². The number of amides is 2. The Morgan fingerprint density at radius 3 is 2.44 bits per heavy atom. The third-order valence-electron chi connectivity index (χ3n) is 6.05. The highest BCUT2D eigenvalue weighted by Gasteiger charge is 2.30. The fourth-order valence-corrected chi connectivity index (χ4v) is 4.36. The molecule has 172 valence electrons. The number of nitrogens with zero attached hydrogens (tertiary/aromatic N) is 1. The van der Waals surface area contributed by atoms with Gasteiger partial charge < -0.3 is 15.0 Å². The lowest BCUT2D eigenvalue weighted by Gasteiger charge is -2.31. The summed E-state index contributed by atoms with van der Waals surface area (Å²) in [7, 11) is 0. The van der Waals surface area contributed by atoms with Gasteiger partial charge in [0.05, 0.1) is 0 Å². The molecule has 1 saturated carbocycles. The third-order valence-corrected chi connectivity index (χ3v) is 6.94. The number of carbonyl (C=O) groups excluding carboxylic acids is 2. The molecule has 0 radical (unpaired) electrons. The highest BCUT2D eigenvalue weighted by Crippen LogP contribution is 2.22. The monoisotopic (exact) mass is 500 g/mol. The van der Waals surface area contributed by atoms with Crippen molar-refractivity contribution in [3.05, 3.63) is 63.6 Å². The molecule has 0 aromatic heterocycles. The standard InChI is InChI=1S/C26H33BrN2O3/c1-4-24(26(31)28-21-7-5-6-8-21)29(16-20-11-9-18(2)10-12-20)25(30)17-32-22-13-14-23(27)19(3)15-22/h9-15,21,24H,4-8,16-17H2,1-3H3,(H,28,31)/t24-/m1/s1. The molecule has 5 nitrogen and oxygen atoms in total. The van der Waals surface area contributed by atoms with Gasteiger partial charge in [-0.2, -0.15) is 0 Å². The number of benzene rings is 2. The second kappa shape index (κ2) is 11.5. The van der Waals surface area contributed by atoms with Crippen LogP contribution in [0.3, 0.4) is 0 Å². The van der Waals surface area contributed by atoms with Crippen LogP contribution in [0.4, 0.5) is 0 Å². The van der Waals surface area contributed by atoms with E-state index in [9.17, 15) is 9.59 Å². The smallest absolute Gasteiger partial charge is 0.261 e. The molecule has 0 spiro atoms. The molecule has 3 rings (SSSR count). The van der Waals surface area contributed by atoms with Gasteiger partial charge in [-0.3, -0.25) is 9.59 Å². The molecule has 0 unspecified atom stereocenters. The molecule has 6 heteroatoms. The number of rotatable bonds is 9. The Kier molecular flexibility index (Phi) is 8.74. The summed E-state index contributed by atoms with van der Waals surface area (Å²) in [5, 5.41) is 3.17.